The molecule has 1 aliphatic rings. The molecule has 1 aliphatic heterocycles. The second-order valence-electron chi connectivity index (χ2n) is 13.2. The molecule has 8 nitrogen and oxygen atoms in total. The lowest BCUT2D eigenvalue weighted by atomic mass is 9.93. The van der Waals surface area contributed by atoms with E-state index < -0.39 is 27.8 Å². The zero-order chi connectivity index (χ0) is 38.3. The molecule has 4 atom stereocenters. The lowest BCUT2D eigenvalue weighted by Gasteiger charge is -2.24. The van der Waals surface area contributed by atoms with E-state index in [0.29, 0.717) is 29.5 Å². The van der Waals surface area contributed by atoms with Crippen LogP contribution in [0.3, 0.4) is 0 Å². The van der Waals surface area contributed by atoms with Crippen molar-refractivity contribution in [3.05, 3.63) is 113 Å². The third-order valence-corrected chi connectivity index (χ3v) is 12.2. The van der Waals surface area contributed by atoms with Crippen molar-refractivity contribution in [1.29, 1.82) is 0 Å². The highest BCUT2D eigenvalue weighted by Crippen LogP contribution is 2.35. The molecule has 3 aromatic rings. The number of rotatable bonds is 17. The molecule has 52 heavy (non-hydrogen) atoms. The van der Waals surface area contributed by atoms with Gasteiger partial charge in [-0.05, 0) is 84.5 Å². The van der Waals surface area contributed by atoms with Gasteiger partial charge in [-0.1, -0.05) is 81.1 Å². The Morgan fingerprint density at radius 1 is 1.10 bits per heavy atom. The van der Waals surface area contributed by atoms with Crippen LogP contribution in [0.25, 0.3) is 11.1 Å². The molecule has 282 valence electrons. The van der Waals surface area contributed by atoms with Crippen molar-refractivity contribution >= 4 is 45.2 Å². The molecule has 0 radical (unpaired) electrons. The number of thioether (sulfide) groups is 2. The summed E-state index contributed by atoms with van der Waals surface area (Å²) in [5.74, 6) is -2.17. The van der Waals surface area contributed by atoms with Crippen molar-refractivity contribution in [2.75, 3.05) is 32.3 Å². The van der Waals surface area contributed by atoms with Gasteiger partial charge in [0.15, 0.2) is 0 Å². The van der Waals surface area contributed by atoms with E-state index in [2.05, 4.69) is 67.9 Å². The first-order chi connectivity index (χ1) is 24.7. The number of amides is 1. The molecule has 1 heterocycles. The Morgan fingerprint density at radius 3 is 2.40 bits per heavy atom. The van der Waals surface area contributed by atoms with Gasteiger partial charge in [0, 0.05) is 53.5 Å². The summed E-state index contributed by atoms with van der Waals surface area (Å²) >= 11 is 3.80. The van der Waals surface area contributed by atoms with Crippen LogP contribution < -0.4 is 5.32 Å². The van der Waals surface area contributed by atoms with Crippen LogP contribution in [0.4, 0.5) is 0 Å². The summed E-state index contributed by atoms with van der Waals surface area (Å²) in [6.45, 7) is 14.4. The largest absolute Gasteiger partial charge is 0.480 e. The van der Waals surface area contributed by atoms with E-state index in [0.717, 1.165) is 41.2 Å². The van der Waals surface area contributed by atoms with Gasteiger partial charge in [-0.2, -0.15) is 0 Å². The van der Waals surface area contributed by atoms with E-state index in [-0.39, 0.29) is 18.2 Å². The Labute approximate surface area is 319 Å². The molecule has 4 rings (SSSR count). The molecular weight excluding hydrogens is 713 g/mol. The summed E-state index contributed by atoms with van der Waals surface area (Å²) < 4.78 is 28.8. The Bertz CT molecular complexity index is 1760. The number of hydrogen-bond donors (Lipinski definition) is 2. The topological polar surface area (TPSA) is 113 Å². The third-order valence-electron chi connectivity index (χ3n) is 8.74. The van der Waals surface area contributed by atoms with E-state index in [1.165, 1.54) is 16.2 Å². The van der Waals surface area contributed by atoms with Gasteiger partial charge in [-0.15, -0.1) is 23.5 Å². The van der Waals surface area contributed by atoms with Crippen LogP contribution in [0.2, 0.25) is 0 Å². The first kappa shape index (κ1) is 43.1. The maximum absolute atomic E-state index is 13.4. The maximum atomic E-state index is 13.4. The van der Waals surface area contributed by atoms with Gasteiger partial charge in [0.05, 0.1) is 12.4 Å². The number of carboxylic acid groups (broad SMARTS) is 1. The summed E-state index contributed by atoms with van der Waals surface area (Å²) in [6, 6.07) is 22.7. The SMILES string of the molecule is C=C/C=C(\C)SC(C)CC.COC[C@@H]1C[C@H](Sc2ccccc2)CN1Cc1ccc(C(=O)NC(CCS(C)(=O)=O)C(=O)O)c(-c2ccccc2C)c1. The van der Waals surface area contributed by atoms with Gasteiger partial charge in [-0.25, -0.2) is 13.2 Å². The van der Waals surface area contributed by atoms with Gasteiger partial charge < -0.3 is 15.2 Å². The van der Waals surface area contributed by atoms with E-state index in [1.54, 1.807) is 13.2 Å². The monoisotopic (exact) mass is 766 g/mol. The van der Waals surface area contributed by atoms with Crippen molar-refractivity contribution in [1.82, 2.24) is 10.2 Å². The Balaban J connectivity index is 0.000000636. The molecular formula is C41H54N2O6S3. The van der Waals surface area contributed by atoms with Crippen molar-refractivity contribution < 1.29 is 27.9 Å². The summed E-state index contributed by atoms with van der Waals surface area (Å²) in [6.07, 6.45) is 6.95. The number of ether oxygens (including phenoxy) is 1. The highest BCUT2D eigenvalue weighted by atomic mass is 32.2. The van der Waals surface area contributed by atoms with Gasteiger partial charge in [0.2, 0.25) is 0 Å². The zero-order valence-electron chi connectivity index (χ0n) is 31.2. The van der Waals surface area contributed by atoms with Gasteiger partial charge >= 0.3 is 5.97 Å². The minimum Gasteiger partial charge on any atom is -0.480 e. The highest BCUT2D eigenvalue weighted by molar-refractivity contribution is 8.03. The van der Waals surface area contributed by atoms with Gasteiger partial charge in [0.25, 0.3) is 5.91 Å². The molecule has 2 N–H and O–H groups in total. The molecule has 0 spiro atoms. The Morgan fingerprint density at radius 2 is 1.79 bits per heavy atom. The van der Waals surface area contributed by atoms with Crippen LogP contribution in [0.15, 0.2) is 101 Å². The summed E-state index contributed by atoms with van der Waals surface area (Å²) in [5.41, 5.74) is 3.93. The smallest absolute Gasteiger partial charge is 0.326 e. The molecule has 0 aromatic heterocycles. The number of nitrogens with one attached hydrogen (secondary N) is 1. The Kier molecular flexibility index (Phi) is 17.7. The van der Waals surface area contributed by atoms with Gasteiger partial charge in [0.1, 0.15) is 15.9 Å². The predicted octanol–water partition coefficient (Wildman–Crippen LogP) is 8.27. The molecule has 2 unspecified atom stereocenters. The fraction of sp³-hybridized carbons (Fsp3) is 0.415. The van der Waals surface area contributed by atoms with Crippen LogP contribution in [-0.4, -0.2) is 85.2 Å². The summed E-state index contributed by atoms with van der Waals surface area (Å²) in [5, 5.41) is 13.4. The number of allylic oxidation sites excluding steroid dienone is 3. The minimum atomic E-state index is -3.39. The van der Waals surface area contributed by atoms with E-state index in [9.17, 15) is 23.1 Å². The molecule has 11 heteroatoms. The number of nitrogens with zero attached hydrogens (tertiary/aromatic N) is 1. The third kappa shape index (κ3) is 14.2. The molecule has 1 fully saturated rings. The molecule has 0 bridgehead atoms. The number of benzene rings is 3. The number of hydrogen-bond acceptors (Lipinski definition) is 8. The van der Waals surface area contributed by atoms with E-state index >= 15 is 0 Å². The quantitative estimate of drug-likeness (QED) is 0.131. The van der Waals surface area contributed by atoms with Crippen LogP contribution in [-0.2, 0) is 25.9 Å². The molecule has 1 amide bonds. The van der Waals surface area contributed by atoms with Crippen molar-refractivity contribution in [3.63, 3.8) is 0 Å². The molecule has 0 aliphatic carbocycles. The molecule has 0 saturated carbocycles. The number of likely N-dealkylation sites (tertiary alicyclic amines) is 1. The van der Waals surface area contributed by atoms with E-state index in [4.69, 9.17) is 4.74 Å². The number of carbonyl (C=O) groups is 2. The fourth-order valence-corrected chi connectivity index (χ4v) is 8.85. The number of aryl methyl sites for hydroxylation is 1. The number of aliphatic carboxylic acids is 1. The van der Waals surface area contributed by atoms with Gasteiger partial charge in [-0.3, -0.25) is 9.69 Å². The fourth-order valence-electron chi connectivity index (χ4n) is 5.93. The average Bonchev–Trinajstić information content (AvgIpc) is 3.46. The first-order valence-electron chi connectivity index (χ1n) is 17.6. The highest BCUT2D eigenvalue weighted by Gasteiger charge is 2.33. The zero-order valence-corrected chi connectivity index (χ0v) is 33.7. The number of carbonyl (C=O) groups excluding carboxylic acids is 1. The lowest BCUT2D eigenvalue weighted by molar-refractivity contribution is -0.139. The summed E-state index contributed by atoms with van der Waals surface area (Å²) in [4.78, 5) is 30.3. The molecule has 3 aromatic carbocycles. The molecule has 1 saturated heterocycles. The van der Waals surface area contributed by atoms with E-state index in [1.807, 2.05) is 79.0 Å². The normalized spacial score (nSPS) is 17.5. The predicted molar refractivity (Wildman–Crippen MR) is 218 cm³/mol. The maximum Gasteiger partial charge on any atom is 0.326 e. The van der Waals surface area contributed by atoms with Crippen molar-refractivity contribution in [2.24, 2.45) is 0 Å². The lowest BCUT2D eigenvalue weighted by Crippen LogP contribution is -2.42. The first-order valence-corrected chi connectivity index (χ1v) is 21.4. The number of sulfone groups is 1. The number of carboxylic acids is 1. The van der Waals surface area contributed by atoms with Crippen LogP contribution in [0, 0.1) is 6.92 Å². The standard InChI is InChI=1S/C32H38N2O6S2.C9H16S/c1-22-9-7-8-12-27(22)29-17-23(13-14-28(29)31(35)33-30(32(36)37)15-16-42(3,38)39)19-34-20-26(18-24(34)21-40-2)41-25-10-5-4-6-11-25;1-5-7-9(4)10-8(3)6-2/h4-14,17,24,26,30H,15-16,18-21H2,1-3H3,(H,33,35)(H,36,37);5,7-8H,1,6H2,2-4H3/b;9-7+/t24-,26-,30?;/m0./s1. The van der Waals surface area contributed by atoms with Crippen LogP contribution in [0.1, 0.15) is 61.5 Å². The van der Waals surface area contributed by atoms with Crippen molar-refractivity contribution in [2.45, 2.75) is 81.0 Å². The van der Waals surface area contributed by atoms with Crippen molar-refractivity contribution in [3.8, 4) is 11.1 Å². The Hall–Kier alpha value is -3.35. The average molecular weight is 767 g/mol. The summed E-state index contributed by atoms with van der Waals surface area (Å²) in [7, 11) is -1.67. The number of methoxy groups -OCH3 is 1. The minimum absolute atomic E-state index is 0.213. The van der Waals surface area contributed by atoms with Crippen LogP contribution in [0.5, 0.6) is 0 Å². The van der Waals surface area contributed by atoms with Crippen LogP contribution >= 0.6 is 23.5 Å². The second-order valence-corrected chi connectivity index (χ2v) is 18.5. The second kappa shape index (κ2) is 21.4.